The zero-order chi connectivity index (χ0) is 30.6. The summed E-state index contributed by atoms with van der Waals surface area (Å²) in [6.45, 7) is 0. The number of fused-ring (bicyclic) bond motifs is 6. The molecular formula is C44H29OS+. The van der Waals surface area contributed by atoms with Crippen LogP contribution in [0.25, 0.3) is 64.6 Å². The van der Waals surface area contributed by atoms with E-state index in [2.05, 4.69) is 133 Å². The summed E-state index contributed by atoms with van der Waals surface area (Å²) in [4.78, 5) is 16.9. The smallest absolute Gasteiger partial charge is 0.212 e. The molecule has 46 heavy (non-hydrogen) atoms. The van der Waals surface area contributed by atoms with Crippen LogP contribution in [-0.2, 0) is 10.9 Å². The van der Waals surface area contributed by atoms with Gasteiger partial charge in [0.2, 0.25) is 5.78 Å². The Kier molecular flexibility index (Phi) is 6.36. The molecule has 1 nitrogen and oxygen atoms in total. The van der Waals surface area contributed by atoms with E-state index in [1.807, 2.05) is 30.3 Å². The van der Waals surface area contributed by atoms with Crippen molar-refractivity contribution in [3.8, 4) is 0 Å². The predicted octanol–water partition coefficient (Wildman–Crippen LogP) is 11.5. The second kappa shape index (κ2) is 10.9. The summed E-state index contributed by atoms with van der Waals surface area (Å²) in [6, 6.07) is 58.4. The van der Waals surface area contributed by atoms with E-state index in [9.17, 15) is 4.79 Å². The highest BCUT2D eigenvalue weighted by atomic mass is 32.2. The van der Waals surface area contributed by atoms with E-state index in [1.165, 1.54) is 74.4 Å². The van der Waals surface area contributed by atoms with E-state index < -0.39 is 10.9 Å². The van der Waals surface area contributed by atoms with Crippen LogP contribution >= 0.6 is 0 Å². The van der Waals surface area contributed by atoms with Crippen LogP contribution in [0.2, 0.25) is 0 Å². The van der Waals surface area contributed by atoms with Crippen molar-refractivity contribution < 1.29 is 4.79 Å². The molecule has 0 N–H and O–H groups in total. The SMILES string of the molecule is O=C(C[S+](c1c2ccccc2cc2cc3ccccc3cc12)c1c2ccccc2cc2cc3ccccc3cc12)c1ccccc1. The van der Waals surface area contributed by atoms with Crippen LogP contribution in [0.1, 0.15) is 10.4 Å². The van der Waals surface area contributed by atoms with Crippen LogP contribution in [0, 0.1) is 0 Å². The lowest BCUT2D eigenvalue weighted by Gasteiger charge is -2.18. The molecule has 0 heterocycles. The molecule has 0 aliphatic heterocycles. The fourth-order valence-electron chi connectivity index (χ4n) is 7.05. The van der Waals surface area contributed by atoms with Crippen molar-refractivity contribution in [3.63, 3.8) is 0 Å². The molecule has 0 aromatic heterocycles. The Morgan fingerprint density at radius 1 is 0.370 bits per heavy atom. The van der Waals surface area contributed by atoms with Crippen LogP contribution in [0.5, 0.6) is 0 Å². The Labute approximate surface area is 270 Å². The molecule has 0 saturated heterocycles. The molecule has 0 bridgehead atoms. The van der Waals surface area contributed by atoms with Gasteiger partial charge in [0.1, 0.15) is 0 Å². The standard InChI is InChI=1S/C44H29OS/c45-42(29-12-2-1-3-13-29)28-46(43-38-20-10-8-18-34(38)24-36-22-30-14-4-6-16-32(30)26-40(36)43)44-39-21-11-9-19-35(39)25-37-23-31-15-5-7-17-33(31)27-41(37)44/h1-27H,28H2/q+1. The molecule has 216 valence electrons. The molecule has 0 aliphatic rings. The second-order valence-corrected chi connectivity index (χ2v) is 13.9. The van der Waals surface area contributed by atoms with Crippen molar-refractivity contribution in [2.75, 3.05) is 5.75 Å². The topological polar surface area (TPSA) is 17.1 Å². The first-order chi connectivity index (χ1) is 22.7. The Hall–Kier alpha value is -5.44. The maximum Gasteiger partial charge on any atom is 0.212 e. The van der Waals surface area contributed by atoms with Crippen molar-refractivity contribution >= 4 is 81.3 Å². The van der Waals surface area contributed by atoms with Gasteiger partial charge in [-0.15, -0.1) is 0 Å². The third-order valence-electron chi connectivity index (χ3n) is 9.22. The molecule has 0 radical (unpaired) electrons. The molecule has 9 aromatic rings. The molecule has 0 unspecified atom stereocenters. The maximum atomic E-state index is 14.4. The van der Waals surface area contributed by atoms with E-state index in [1.54, 1.807) is 0 Å². The van der Waals surface area contributed by atoms with Gasteiger partial charge in [-0.3, -0.25) is 4.79 Å². The van der Waals surface area contributed by atoms with Gasteiger partial charge in [-0.25, -0.2) is 0 Å². The van der Waals surface area contributed by atoms with Gasteiger partial charge in [0.25, 0.3) is 0 Å². The van der Waals surface area contributed by atoms with Crippen LogP contribution in [-0.4, -0.2) is 11.5 Å². The third kappa shape index (κ3) is 4.45. The molecule has 9 rings (SSSR count). The number of hydrogen-bond donors (Lipinski definition) is 0. The van der Waals surface area contributed by atoms with Crippen LogP contribution in [0.15, 0.2) is 174 Å². The summed E-state index contributed by atoms with van der Waals surface area (Å²) < 4.78 is 0. The molecule has 0 aliphatic carbocycles. The van der Waals surface area contributed by atoms with E-state index in [0.717, 1.165) is 5.56 Å². The summed E-state index contributed by atoms with van der Waals surface area (Å²) in [5.41, 5.74) is 0.755. The van der Waals surface area contributed by atoms with Gasteiger partial charge in [0.15, 0.2) is 15.5 Å². The number of carbonyl (C=O) groups is 1. The maximum absolute atomic E-state index is 14.4. The first-order valence-electron chi connectivity index (χ1n) is 15.7. The van der Waals surface area contributed by atoms with E-state index in [0.29, 0.717) is 5.75 Å². The van der Waals surface area contributed by atoms with E-state index in [-0.39, 0.29) is 5.78 Å². The van der Waals surface area contributed by atoms with Crippen molar-refractivity contribution in [2.45, 2.75) is 9.79 Å². The molecule has 0 fully saturated rings. The highest BCUT2D eigenvalue weighted by Crippen LogP contribution is 2.44. The Morgan fingerprint density at radius 3 is 1.22 bits per heavy atom. The first kappa shape index (κ1) is 26.9. The molecule has 0 atom stereocenters. The highest BCUT2D eigenvalue weighted by Gasteiger charge is 2.36. The molecule has 9 aromatic carbocycles. The van der Waals surface area contributed by atoms with Gasteiger partial charge in [0.05, 0.1) is 10.9 Å². The van der Waals surface area contributed by atoms with Crippen molar-refractivity contribution in [3.05, 3.63) is 169 Å². The fraction of sp³-hybridized carbons (Fsp3) is 0.0227. The minimum atomic E-state index is -0.615. The van der Waals surface area contributed by atoms with Crippen LogP contribution in [0.4, 0.5) is 0 Å². The second-order valence-electron chi connectivity index (χ2n) is 12.0. The van der Waals surface area contributed by atoms with Crippen molar-refractivity contribution in [1.29, 1.82) is 0 Å². The number of hydrogen-bond acceptors (Lipinski definition) is 1. The Balaban J connectivity index is 1.45. The third-order valence-corrected chi connectivity index (χ3v) is 11.6. The van der Waals surface area contributed by atoms with Gasteiger partial charge in [-0.2, -0.15) is 0 Å². The summed E-state index contributed by atoms with van der Waals surface area (Å²) in [5, 5.41) is 14.5. The zero-order valence-electron chi connectivity index (χ0n) is 25.1. The van der Waals surface area contributed by atoms with Gasteiger partial charge >= 0.3 is 0 Å². The van der Waals surface area contributed by atoms with Crippen molar-refractivity contribution in [2.24, 2.45) is 0 Å². The van der Waals surface area contributed by atoms with Crippen molar-refractivity contribution in [1.82, 2.24) is 0 Å². The number of benzene rings is 9. The number of rotatable bonds is 5. The molecule has 0 spiro atoms. The summed E-state index contributed by atoms with van der Waals surface area (Å²) in [7, 11) is -0.615. The lowest BCUT2D eigenvalue weighted by molar-refractivity contribution is 0.102. The summed E-state index contributed by atoms with van der Waals surface area (Å²) >= 11 is 0. The van der Waals surface area contributed by atoms with Gasteiger partial charge in [-0.05, 0) is 91.6 Å². The average Bonchev–Trinajstić information content (AvgIpc) is 3.11. The largest absolute Gasteiger partial charge is 0.289 e. The number of Topliss-reactive ketones (excluding diaryl/α,β-unsaturated/α-hetero) is 1. The minimum Gasteiger partial charge on any atom is -0.289 e. The number of ketones is 1. The van der Waals surface area contributed by atoms with Gasteiger partial charge in [0, 0.05) is 27.1 Å². The van der Waals surface area contributed by atoms with E-state index >= 15 is 0 Å². The summed E-state index contributed by atoms with van der Waals surface area (Å²) in [6.07, 6.45) is 0. The average molecular weight is 606 g/mol. The fourth-order valence-corrected chi connectivity index (χ4v) is 9.76. The zero-order valence-corrected chi connectivity index (χ0v) is 25.9. The molecule has 2 heteroatoms. The molecule has 0 amide bonds. The number of carbonyl (C=O) groups excluding carboxylic acids is 1. The Bertz CT molecular complexity index is 2470. The monoisotopic (exact) mass is 605 g/mol. The lowest BCUT2D eigenvalue weighted by atomic mass is 9.99. The molecular weight excluding hydrogens is 577 g/mol. The first-order valence-corrected chi connectivity index (χ1v) is 17.1. The van der Waals surface area contributed by atoms with E-state index in [4.69, 9.17) is 0 Å². The van der Waals surface area contributed by atoms with Gasteiger partial charge in [-0.1, -0.05) is 115 Å². The summed E-state index contributed by atoms with van der Waals surface area (Å²) in [5.74, 6) is 0.545. The normalized spacial score (nSPS) is 11.8. The van der Waals surface area contributed by atoms with Crippen LogP contribution in [0.3, 0.4) is 0 Å². The minimum absolute atomic E-state index is 0.160. The Morgan fingerprint density at radius 2 is 0.739 bits per heavy atom. The van der Waals surface area contributed by atoms with Gasteiger partial charge < -0.3 is 0 Å². The highest BCUT2D eigenvalue weighted by molar-refractivity contribution is 7.98. The lowest BCUT2D eigenvalue weighted by Crippen LogP contribution is -2.19. The quantitative estimate of drug-likeness (QED) is 0.108. The molecule has 0 saturated carbocycles. The van der Waals surface area contributed by atoms with Crippen LogP contribution < -0.4 is 0 Å². The predicted molar refractivity (Wildman–Crippen MR) is 197 cm³/mol.